The van der Waals surface area contributed by atoms with E-state index in [4.69, 9.17) is 11.6 Å². The molecular weight excluding hydrogens is 238 g/mol. The SMILES string of the molecule is CNc1nc(Cl)nc(NC2(C)CCCCC2)n1. The molecule has 94 valence electrons. The minimum absolute atomic E-state index is 0.0773. The lowest BCUT2D eigenvalue weighted by molar-refractivity contribution is 0.347. The van der Waals surface area contributed by atoms with Gasteiger partial charge in [0.1, 0.15) is 0 Å². The van der Waals surface area contributed by atoms with Gasteiger partial charge < -0.3 is 10.6 Å². The second kappa shape index (κ2) is 5.04. The largest absolute Gasteiger partial charge is 0.357 e. The third-order valence-electron chi connectivity index (χ3n) is 3.20. The van der Waals surface area contributed by atoms with Crippen LogP contribution in [0, 0.1) is 0 Å². The quantitative estimate of drug-likeness (QED) is 0.870. The molecule has 2 rings (SSSR count). The van der Waals surface area contributed by atoms with Gasteiger partial charge in [0, 0.05) is 12.6 Å². The standard InChI is InChI=1S/C11H18ClN5/c1-11(6-4-3-5-7-11)17-10-15-8(12)14-9(13-2)16-10/h3-7H2,1-2H3,(H2,13,14,15,16,17). The monoisotopic (exact) mass is 255 g/mol. The van der Waals surface area contributed by atoms with Crippen molar-refractivity contribution in [3.05, 3.63) is 5.28 Å². The molecule has 0 bridgehead atoms. The van der Waals surface area contributed by atoms with E-state index in [1.807, 2.05) is 0 Å². The summed E-state index contributed by atoms with van der Waals surface area (Å²) in [4.78, 5) is 12.3. The van der Waals surface area contributed by atoms with E-state index in [1.54, 1.807) is 7.05 Å². The van der Waals surface area contributed by atoms with Crippen molar-refractivity contribution in [3.63, 3.8) is 0 Å². The Balaban J connectivity index is 2.14. The molecule has 0 spiro atoms. The van der Waals surface area contributed by atoms with Crippen molar-refractivity contribution in [2.24, 2.45) is 0 Å². The fourth-order valence-electron chi connectivity index (χ4n) is 2.24. The Morgan fingerprint density at radius 1 is 1.06 bits per heavy atom. The van der Waals surface area contributed by atoms with Crippen molar-refractivity contribution >= 4 is 23.5 Å². The van der Waals surface area contributed by atoms with Gasteiger partial charge in [0.2, 0.25) is 17.2 Å². The van der Waals surface area contributed by atoms with Crippen LogP contribution in [0.5, 0.6) is 0 Å². The average Bonchev–Trinajstić information content (AvgIpc) is 2.28. The van der Waals surface area contributed by atoms with Gasteiger partial charge in [-0.05, 0) is 31.4 Å². The van der Waals surface area contributed by atoms with Crippen molar-refractivity contribution < 1.29 is 0 Å². The molecular formula is C11H18ClN5. The summed E-state index contributed by atoms with van der Waals surface area (Å²) in [6, 6.07) is 0. The molecule has 1 aromatic heterocycles. The molecule has 1 fully saturated rings. The minimum Gasteiger partial charge on any atom is -0.357 e. The van der Waals surface area contributed by atoms with Crippen molar-refractivity contribution in [2.45, 2.75) is 44.6 Å². The van der Waals surface area contributed by atoms with Crippen molar-refractivity contribution in [1.29, 1.82) is 0 Å². The Bertz CT molecular complexity index is 389. The number of hydrogen-bond acceptors (Lipinski definition) is 5. The molecule has 0 radical (unpaired) electrons. The van der Waals surface area contributed by atoms with E-state index in [-0.39, 0.29) is 10.8 Å². The van der Waals surface area contributed by atoms with Gasteiger partial charge in [-0.15, -0.1) is 0 Å². The van der Waals surface area contributed by atoms with E-state index in [1.165, 1.54) is 19.3 Å². The summed E-state index contributed by atoms with van der Waals surface area (Å²) in [7, 11) is 1.76. The molecule has 1 aliphatic carbocycles. The molecule has 0 saturated heterocycles. The van der Waals surface area contributed by atoms with E-state index in [0.29, 0.717) is 11.9 Å². The smallest absolute Gasteiger partial charge is 0.229 e. The summed E-state index contributed by atoms with van der Waals surface area (Å²) in [5.41, 5.74) is 0.0773. The van der Waals surface area contributed by atoms with Crippen LogP contribution in [0.4, 0.5) is 11.9 Å². The van der Waals surface area contributed by atoms with Gasteiger partial charge in [0.05, 0.1) is 0 Å². The number of hydrogen-bond donors (Lipinski definition) is 2. The number of nitrogens with one attached hydrogen (secondary N) is 2. The third kappa shape index (κ3) is 3.19. The van der Waals surface area contributed by atoms with Gasteiger partial charge in [0.15, 0.2) is 0 Å². The highest BCUT2D eigenvalue weighted by Crippen LogP contribution is 2.30. The first kappa shape index (κ1) is 12.4. The molecule has 1 heterocycles. The van der Waals surface area contributed by atoms with Crippen LogP contribution >= 0.6 is 11.6 Å². The Morgan fingerprint density at radius 2 is 1.71 bits per heavy atom. The van der Waals surface area contributed by atoms with Crippen LogP contribution in [0.15, 0.2) is 0 Å². The first-order valence-corrected chi connectivity index (χ1v) is 6.37. The topological polar surface area (TPSA) is 62.7 Å². The summed E-state index contributed by atoms with van der Waals surface area (Å²) < 4.78 is 0. The van der Waals surface area contributed by atoms with Crippen molar-refractivity contribution in [3.8, 4) is 0 Å². The molecule has 6 heteroatoms. The Kier molecular flexibility index (Phi) is 3.66. The Hall–Kier alpha value is -1.10. The molecule has 0 amide bonds. The molecule has 0 aromatic carbocycles. The maximum atomic E-state index is 5.85. The second-order valence-corrected chi connectivity index (χ2v) is 5.09. The molecule has 0 aliphatic heterocycles. The number of nitrogens with zero attached hydrogens (tertiary/aromatic N) is 3. The zero-order valence-corrected chi connectivity index (χ0v) is 11.0. The summed E-state index contributed by atoms with van der Waals surface area (Å²) in [5, 5.41) is 6.47. The van der Waals surface area contributed by atoms with E-state index >= 15 is 0 Å². The molecule has 5 nitrogen and oxygen atoms in total. The van der Waals surface area contributed by atoms with Crippen molar-refractivity contribution in [2.75, 3.05) is 17.7 Å². The molecule has 17 heavy (non-hydrogen) atoms. The van der Waals surface area contributed by atoms with Gasteiger partial charge >= 0.3 is 0 Å². The number of halogens is 1. The lowest BCUT2D eigenvalue weighted by Gasteiger charge is -2.34. The van der Waals surface area contributed by atoms with Crippen LogP contribution in [0.1, 0.15) is 39.0 Å². The number of anilines is 2. The maximum Gasteiger partial charge on any atom is 0.229 e. The normalized spacial score (nSPS) is 18.8. The number of aromatic nitrogens is 3. The predicted molar refractivity (Wildman–Crippen MR) is 69.5 cm³/mol. The molecule has 1 aliphatic rings. The van der Waals surface area contributed by atoms with E-state index in [9.17, 15) is 0 Å². The van der Waals surface area contributed by atoms with E-state index < -0.39 is 0 Å². The van der Waals surface area contributed by atoms with E-state index in [2.05, 4.69) is 32.5 Å². The minimum atomic E-state index is 0.0773. The van der Waals surface area contributed by atoms with Gasteiger partial charge in [-0.1, -0.05) is 19.3 Å². The first-order valence-electron chi connectivity index (χ1n) is 5.99. The highest BCUT2D eigenvalue weighted by Gasteiger charge is 2.27. The van der Waals surface area contributed by atoms with Crippen LogP contribution < -0.4 is 10.6 Å². The Morgan fingerprint density at radius 3 is 2.35 bits per heavy atom. The van der Waals surface area contributed by atoms with E-state index in [0.717, 1.165) is 12.8 Å². The third-order valence-corrected chi connectivity index (χ3v) is 3.37. The van der Waals surface area contributed by atoms with Gasteiger partial charge in [-0.2, -0.15) is 15.0 Å². The molecule has 1 saturated carbocycles. The van der Waals surface area contributed by atoms with Gasteiger partial charge in [0.25, 0.3) is 0 Å². The highest BCUT2D eigenvalue weighted by atomic mass is 35.5. The van der Waals surface area contributed by atoms with Crippen LogP contribution in [-0.4, -0.2) is 27.5 Å². The fourth-order valence-corrected chi connectivity index (χ4v) is 2.40. The van der Waals surface area contributed by atoms with Crippen LogP contribution in [0.2, 0.25) is 5.28 Å². The molecule has 1 aromatic rings. The summed E-state index contributed by atoms with van der Waals surface area (Å²) in [6.07, 6.45) is 6.11. The Labute approximate surface area is 106 Å². The zero-order chi connectivity index (χ0) is 12.3. The van der Waals surface area contributed by atoms with Crippen LogP contribution in [0.3, 0.4) is 0 Å². The van der Waals surface area contributed by atoms with Gasteiger partial charge in [-0.25, -0.2) is 0 Å². The van der Waals surface area contributed by atoms with Crippen LogP contribution in [-0.2, 0) is 0 Å². The number of rotatable bonds is 3. The fraction of sp³-hybridized carbons (Fsp3) is 0.727. The first-order chi connectivity index (χ1) is 8.11. The lowest BCUT2D eigenvalue weighted by atomic mass is 9.83. The second-order valence-electron chi connectivity index (χ2n) is 4.75. The highest BCUT2D eigenvalue weighted by molar-refractivity contribution is 6.28. The predicted octanol–water partition coefficient (Wildman–Crippen LogP) is 2.70. The lowest BCUT2D eigenvalue weighted by Crippen LogP contribution is -2.37. The maximum absolute atomic E-state index is 5.85. The molecule has 0 atom stereocenters. The summed E-state index contributed by atoms with van der Waals surface area (Å²) in [5.74, 6) is 1.05. The average molecular weight is 256 g/mol. The van der Waals surface area contributed by atoms with Crippen LogP contribution in [0.25, 0.3) is 0 Å². The summed E-state index contributed by atoms with van der Waals surface area (Å²) in [6.45, 7) is 2.21. The van der Waals surface area contributed by atoms with Crippen molar-refractivity contribution in [1.82, 2.24) is 15.0 Å². The molecule has 2 N–H and O–H groups in total. The molecule has 0 unspecified atom stereocenters. The van der Waals surface area contributed by atoms with Gasteiger partial charge in [-0.3, -0.25) is 0 Å². The zero-order valence-electron chi connectivity index (χ0n) is 10.3. The summed E-state index contributed by atoms with van der Waals surface area (Å²) >= 11 is 5.85.